The molecule has 0 spiro atoms. The van der Waals surface area contributed by atoms with E-state index < -0.39 is 6.19 Å². The lowest BCUT2D eigenvalue weighted by atomic mass is 10.4. The predicted molar refractivity (Wildman–Crippen MR) is 69.9 cm³/mol. The van der Waals surface area contributed by atoms with E-state index >= 15 is 0 Å². The molecule has 0 aromatic rings. The summed E-state index contributed by atoms with van der Waals surface area (Å²) < 4.78 is 0. The smallest absolute Gasteiger partial charge is 0.192 e. The number of hydrogen-bond donors (Lipinski definition) is 2. The van der Waals surface area contributed by atoms with Crippen LogP contribution in [-0.4, -0.2) is 24.3 Å². The molecule has 2 unspecified atom stereocenters. The molecule has 5 heteroatoms. The van der Waals surface area contributed by atoms with Crippen LogP contribution in [0.4, 0.5) is 0 Å². The molecule has 0 radical (unpaired) electrons. The third-order valence-corrected chi connectivity index (χ3v) is 7.87. The SMILES string of the molecule is CCN=C(N)NP(=S)(CC)C(C)CC. The first-order valence-electron chi connectivity index (χ1n) is 5.17. The van der Waals surface area contributed by atoms with E-state index in [0.717, 1.165) is 12.6 Å². The molecule has 2 atom stereocenters. The summed E-state index contributed by atoms with van der Waals surface area (Å²) in [5, 5.41) is 3.25. The summed E-state index contributed by atoms with van der Waals surface area (Å²) >= 11 is 5.65. The van der Waals surface area contributed by atoms with Crippen LogP contribution in [0.5, 0.6) is 0 Å². The van der Waals surface area contributed by atoms with Crippen molar-refractivity contribution >= 4 is 24.0 Å². The molecule has 0 aromatic heterocycles. The van der Waals surface area contributed by atoms with Crippen molar-refractivity contribution in [1.82, 2.24) is 5.09 Å². The van der Waals surface area contributed by atoms with Gasteiger partial charge in [-0.25, -0.2) is 0 Å². The van der Waals surface area contributed by atoms with E-state index in [1.807, 2.05) is 6.92 Å². The zero-order valence-electron chi connectivity index (χ0n) is 9.58. The first-order chi connectivity index (χ1) is 6.50. The molecule has 3 nitrogen and oxygen atoms in total. The second kappa shape index (κ2) is 6.41. The van der Waals surface area contributed by atoms with E-state index in [1.165, 1.54) is 0 Å². The quantitative estimate of drug-likeness (QED) is 0.436. The zero-order valence-corrected chi connectivity index (χ0v) is 11.3. The van der Waals surface area contributed by atoms with Gasteiger partial charge in [0.25, 0.3) is 0 Å². The lowest BCUT2D eigenvalue weighted by molar-refractivity contribution is 0.880. The van der Waals surface area contributed by atoms with E-state index in [4.69, 9.17) is 17.5 Å². The molecule has 0 fully saturated rings. The van der Waals surface area contributed by atoms with E-state index in [9.17, 15) is 0 Å². The molecule has 0 aliphatic heterocycles. The van der Waals surface area contributed by atoms with Crippen LogP contribution in [0.3, 0.4) is 0 Å². The van der Waals surface area contributed by atoms with Crippen molar-refractivity contribution in [3.05, 3.63) is 0 Å². The molecule has 0 aromatic carbocycles. The van der Waals surface area contributed by atoms with Crippen LogP contribution in [0.15, 0.2) is 4.99 Å². The molecule has 0 saturated carbocycles. The van der Waals surface area contributed by atoms with Crippen molar-refractivity contribution in [3.63, 3.8) is 0 Å². The van der Waals surface area contributed by atoms with E-state index in [0.29, 0.717) is 18.2 Å². The third-order valence-electron chi connectivity index (χ3n) is 2.40. The van der Waals surface area contributed by atoms with Gasteiger partial charge in [-0.3, -0.25) is 4.99 Å². The van der Waals surface area contributed by atoms with Gasteiger partial charge in [0.1, 0.15) is 0 Å². The molecular weight excluding hydrogens is 213 g/mol. The number of hydrogen-bond acceptors (Lipinski definition) is 2. The van der Waals surface area contributed by atoms with Gasteiger partial charge in [-0.1, -0.05) is 32.6 Å². The van der Waals surface area contributed by atoms with Crippen LogP contribution >= 0.6 is 6.19 Å². The Bertz CT molecular complexity index is 240. The molecule has 0 bridgehead atoms. The first-order valence-corrected chi connectivity index (χ1v) is 8.22. The highest BCUT2D eigenvalue weighted by atomic mass is 32.4. The van der Waals surface area contributed by atoms with Crippen molar-refractivity contribution < 1.29 is 0 Å². The normalized spacial score (nSPS) is 18.7. The molecule has 0 rings (SSSR count). The highest BCUT2D eigenvalue weighted by molar-refractivity contribution is 8.14. The number of nitrogens with zero attached hydrogens (tertiary/aromatic N) is 1. The van der Waals surface area contributed by atoms with Crippen LogP contribution in [0.25, 0.3) is 0 Å². The van der Waals surface area contributed by atoms with Crippen molar-refractivity contribution in [2.75, 3.05) is 12.7 Å². The molecule has 14 heavy (non-hydrogen) atoms. The van der Waals surface area contributed by atoms with Crippen molar-refractivity contribution in [2.45, 2.75) is 39.8 Å². The fourth-order valence-corrected chi connectivity index (χ4v) is 3.97. The highest BCUT2D eigenvalue weighted by Crippen LogP contribution is 2.47. The number of guanidine groups is 1. The van der Waals surface area contributed by atoms with Crippen molar-refractivity contribution in [3.8, 4) is 0 Å². The van der Waals surface area contributed by atoms with Gasteiger partial charge in [-0.15, -0.1) is 0 Å². The summed E-state index contributed by atoms with van der Waals surface area (Å²) in [6, 6.07) is 0. The van der Waals surface area contributed by atoms with Gasteiger partial charge in [0.05, 0.1) is 0 Å². The summed E-state index contributed by atoms with van der Waals surface area (Å²) in [6.07, 6.45) is 0.529. The average Bonchev–Trinajstić information content (AvgIpc) is 2.16. The Kier molecular flexibility index (Phi) is 6.38. The van der Waals surface area contributed by atoms with Crippen LogP contribution < -0.4 is 10.8 Å². The maximum Gasteiger partial charge on any atom is 0.192 e. The van der Waals surface area contributed by atoms with Gasteiger partial charge >= 0.3 is 0 Å². The molecule has 84 valence electrons. The number of rotatable bonds is 5. The molecule has 0 aliphatic rings. The van der Waals surface area contributed by atoms with Gasteiger partial charge in [-0.05, 0) is 19.5 Å². The van der Waals surface area contributed by atoms with Crippen LogP contribution in [0.1, 0.15) is 34.1 Å². The standard InChI is InChI=1S/C9H22N3PS/c1-5-8(4)13(14,7-3)12-9(10)11-6-2/h8H,5-7H2,1-4H3,(H3,10,11,12,14). The van der Waals surface area contributed by atoms with Gasteiger partial charge < -0.3 is 10.8 Å². The monoisotopic (exact) mass is 235 g/mol. The minimum Gasteiger partial charge on any atom is -0.370 e. The minimum atomic E-state index is -1.55. The summed E-state index contributed by atoms with van der Waals surface area (Å²) in [4.78, 5) is 4.12. The Morgan fingerprint density at radius 1 is 1.50 bits per heavy atom. The Morgan fingerprint density at radius 2 is 2.07 bits per heavy atom. The molecule has 3 N–H and O–H groups in total. The highest BCUT2D eigenvalue weighted by Gasteiger charge is 2.21. The minimum absolute atomic E-state index is 0.512. The fraction of sp³-hybridized carbons (Fsp3) is 0.889. The summed E-state index contributed by atoms with van der Waals surface area (Å²) in [6.45, 7) is 9.15. The predicted octanol–water partition coefficient (Wildman–Crippen LogP) is 2.12. The second-order valence-corrected chi connectivity index (χ2v) is 8.62. The van der Waals surface area contributed by atoms with Gasteiger partial charge in [0.15, 0.2) is 5.96 Å². The summed E-state index contributed by atoms with van der Waals surface area (Å²) in [5.41, 5.74) is 6.26. The van der Waals surface area contributed by atoms with Gasteiger partial charge in [-0.2, -0.15) is 0 Å². The Morgan fingerprint density at radius 3 is 2.43 bits per heavy atom. The van der Waals surface area contributed by atoms with Crippen molar-refractivity contribution in [1.29, 1.82) is 0 Å². The number of aliphatic imine (C=N–C) groups is 1. The molecular formula is C9H22N3PS. The maximum atomic E-state index is 5.74. The summed E-state index contributed by atoms with van der Waals surface area (Å²) in [7, 11) is 0. The van der Waals surface area contributed by atoms with E-state index in [-0.39, 0.29) is 0 Å². The topological polar surface area (TPSA) is 50.4 Å². The van der Waals surface area contributed by atoms with Gasteiger partial charge in [0.2, 0.25) is 0 Å². The van der Waals surface area contributed by atoms with Crippen LogP contribution in [-0.2, 0) is 11.8 Å². The fourth-order valence-electron chi connectivity index (χ4n) is 1.20. The number of nitrogens with one attached hydrogen (secondary N) is 1. The molecule has 0 amide bonds. The molecule has 0 heterocycles. The average molecular weight is 235 g/mol. The summed E-state index contributed by atoms with van der Waals surface area (Å²) in [5.74, 6) is 0.512. The van der Waals surface area contributed by atoms with E-state index in [2.05, 4.69) is 30.9 Å². The van der Waals surface area contributed by atoms with E-state index in [1.54, 1.807) is 0 Å². The Labute approximate surface area is 92.6 Å². The second-order valence-electron chi connectivity index (χ2n) is 3.34. The molecule has 0 aliphatic carbocycles. The third kappa shape index (κ3) is 3.97. The van der Waals surface area contributed by atoms with Crippen molar-refractivity contribution in [2.24, 2.45) is 10.7 Å². The first kappa shape index (κ1) is 13.9. The largest absolute Gasteiger partial charge is 0.370 e. The van der Waals surface area contributed by atoms with Crippen LogP contribution in [0.2, 0.25) is 0 Å². The lowest BCUT2D eigenvalue weighted by Gasteiger charge is -2.28. The Balaban J connectivity index is 4.56. The van der Waals surface area contributed by atoms with Gasteiger partial charge in [0, 0.05) is 18.4 Å². The Hall–Kier alpha value is -0.0800. The molecule has 0 saturated heterocycles. The maximum absolute atomic E-state index is 5.74. The number of nitrogens with two attached hydrogens (primary N) is 1. The lowest BCUT2D eigenvalue weighted by Crippen LogP contribution is -2.32. The zero-order chi connectivity index (χ0) is 11.2. The van der Waals surface area contributed by atoms with Crippen LogP contribution in [0, 0.1) is 0 Å².